The van der Waals surface area contributed by atoms with Gasteiger partial charge in [0.1, 0.15) is 6.04 Å². The number of hydrogen-bond acceptors (Lipinski definition) is 8. The maximum Gasteiger partial charge on any atom is 0.310 e. The van der Waals surface area contributed by atoms with E-state index in [9.17, 15) is 19.5 Å². The van der Waals surface area contributed by atoms with Gasteiger partial charge in [0.05, 0.1) is 49.1 Å². The number of aliphatic hydroxyl groups is 1. The lowest BCUT2D eigenvalue weighted by Crippen LogP contribution is -2.59. The van der Waals surface area contributed by atoms with Gasteiger partial charge in [0, 0.05) is 38.0 Å². The van der Waals surface area contributed by atoms with Crippen LogP contribution in [0.4, 0.5) is 0 Å². The Balaban J connectivity index is 1.67. The summed E-state index contributed by atoms with van der Waals surface area (Å²) in [6, 6.07) is -1.25. The summed E-state index contributed by atoms with van der Waals surface area (Å²) >= 11 is 1.63. The number of esters is 1. The average molecular weight is 564 g/mol. The zero-order valence-electron chi connectivity index (χ0n) is 23.5. The molecular weight excluding hydrogens is 518 g/mol. The molecule has 4 aliphatic heterocycles. The highest BCUT2D eigenvalue weighted by Gasteiger charge is 2.75. The molecule has 0 aromatic carbocycles. The smallest absolute Gasteiger partial charge is 0.310 e. The number of carbonyl (C=O) groups excluding carboxylic acids is 3. The Morgan fingerprint density at radius 1 is 1.31 bits per heavy atom. The number of hydrogen-bond donors (Lipinski definition) is 1. The third kappa shape index (κ3) is 5.67. The number of carbonyl (C=O) groups is 3. The fraction of sp³-hybridized carbons (Fsp3) is 0.759. The number of thioether (sulfide) groups is 1. The SMILES string of the molecule is C=CCCOC(=O)[C@@H]1[C@H]2C(=O)N([C@@H](CO)[C@@H](C)CC)C(C(=O)N(CC=C)CCN3CCOCC3)C23CC[C@H]1S3. The highest BCUT2D eigenvalue weighted by molar-refractivity contribution is 8.02. The Kier molecular flexibility index (Phi) is 10.2. The van der Waals surface area contributed by atoms with Gasteiger partial charge in [-0.15, -0.1) is 24.9 Å². The van der Waals surface area contributed by atoms with Crippen molar-refractivity contribution in [1.82, 2.24) is 14.7 Å². The largest absolute Gasteiger partial charge is 0.465 e. The van der Waals surface area contributed by atoms with Crippen LogP contribution in [0, 0.1) is 17.8 Å². The number of amides is 2. The molecule has 1 N–H and O–H groups in total. The Morgan fingerprint density at radius 2 is 2.05 bits per heavy atom. The standard InChI is InChI=1S/C29H45N3O6S/c1-5-8-16-38-28(36)23-22-9-10-29(39-22)24(23)26(34)32(21(19-33)20(4)7-3)25(29)27(35)31(11-6-2)13-12-30-14-17-37-18-15-30/h5-6,20-25,33H,1-2,7-19H2,3-4H3/t20-,21-,22+,23-,24-,25?,29?/m0/s1. The van der Waals surface area contributed by atoms with Crippen LogP contribution in [0.5, 0.6) is 0 Å². The Hall–Kier alpha value is -1.88. The van der Waals surface area contributed by atoms with Crippen molar-refractivity contribution >= 4 is 29.5 Å². The van der Waals surface area contributed by atoms with Crippen molar-refractivity contribution < 1.29 is 29.0 Å². The molecule has 0 saturated carbocycles. The van der Waals surface area contributed by atoms with Gasteiger partial charge in [0.15, 0.2) is 0 Å². The molecule has 4 saturated heterocycles. The molecule has 218 valence electrons. The molecule has 0 radical (unpaired) electrons. The number of aliphatic hydroxyl groups excluding tert-OH is 1. The van der Waals surface area contributed by atoms with Crippen molar-refractivity contribution in [2.45, 2.75) is 61.6 Å². The number of nitrogens with zero attached hydrogens (tertiary/aromatic N) is 3. The number of fused-ring (bicyclic) bond motifs is 1. The van der Waals surface area contributed by atoms with Crippen molar-refractivity contribution in [2.24, 2.45) is 17.8 Å². The molecule has 4 heterocycles. The summed E-state index contributed by atoms with van der Waals surface area (Å²) in [5.74, 6) is -1.89. The fourth-order valence-electron chi connectivity index (χ4n) is 6.86. The van der Waals surface area contributed by atoms with E-state index in [0.717, 1.165) is 25.9 Å². The van der Waals surface area contributed by atoms with E-state index in [1.165, 1.54) is 0 Å². The molecule has 4 aliphatic rings. The van der Waals surface area contributed by atoms with Gasteiger partial charge in [-0.25, -0.2) is 0 Å². The molecule has 4 fully saturated rings. The average Bonchev–Trinajstić information content (AvgIpc) is 3.59. The topological polar surface area (TPSA) is 99.6 Å². The van der Waals surface area contributed by atoms with Gasteiger partial charge in [-0.1, -0.05) is 32.4 Å². The molecule has 1 spiro atoms. The van der Waals surface area contributed by atoms with Crippen LogP contribution in [0.2, 0.25) is 0 Å². The monoisotopic (exact) mass is 563 g/mol. The van der Waals surface area contributed by atoms with Gasteiger partial charge in [-0.05, 0) is 25.2 Å². The molecule has 0 aliphatic carbocycles. The van der Waals surface area contributed by atoms with E-state index >= 15 is 0 Å². The summed E-state index contributed by atoms with van der Waals surface area (Å²) in [6.45, 7) is 16.2. The van der Waals surface area contributed by atoms with Gasteiger partial charge in [0.25, 0.3) is 0 Å². The first kappa shape index (κ1) is 30.1. The second-order valence-electron chi connectivity index (χ2n) is 11.2. The molecule has 10 heteroatoms. The summed E-state index contributed by atoms with van der Waals surface area (Å²) in [5, 5.41) is 10.5. The van der Waals surface area contributed by atoms with Crippen molar-refractivity contribution in [3.8, 4) is 0 Å². The Bertz CT molecular complexity index is 927. The highest BCUT2D eigenvalue weighted by atomic mass is 32.2. The summed E-state index contributed by atoms with van der Waals surface area (Å²) in [7, 11) is 0. The van der Waals surface area contributed by atoms with E-state index in [1.54, 1.807) is 33.7 Å². The Labute approximate surface area is 236 Å². The third-order valence-corrected chi connectivity index (χ3v) is 11.1. The molecule has 4 rings (SSSR count). The van der Waals surface area contributed by atoms with E-state index in [0.29, 0.717) is 45.7 Å². The summed E-state index contributed by atoms with van der Waals surface area (Å²) in [5.41, 5.74) is 0. The zero-order valence-corrected chi connectivity index (χ0v) is 24.3. The minimum absolute atomic E-state index is 0.00845. The molecule has 0 aromatic rings. The van der Waals surface area contributed by atoms with Crippen molar-refractivity contribution in [1.29, 1.82) is 0 Å². The third-order valence-electron chi connectivity index (χ3n) is 9.11. The quantitative estimate of drug-likeness (QED) is 0.195. The highest BCUT2D eigenvalue weighted by Crippen LogP contribution is 2.67. The lowest BCUT2D eigenvalue weighted by molar-refractivity contribution is -0.154. The molecule has 2 bridgehead atoms. The van der Waals surface area contributed by atoms with Crippen molar-refractivity contribution in [3.63, 3.8) is 0 Å². The van der Waals surface area contributed by atoms with Crippen LogP contribution in [0.25, 0.3) is 0 Å². The van der Waals surface area contributed by atoms with Gasteiger partial charge in [0.2, 0.25) is 11.8 Å². The molecule has 2 amide bonds. The summed E-state index contributed by atoms with van der Waals surface area (Å²) < 4.78 is 10.3. The van der Waals surface area contributed by atoms with E-state index in [2.05, 4.69) is 18.1 Å². The lowest BCUT2D eigenvalue weighted by atomic mass is 9.71. The number of morpholine rings is 1. The molecular formula is C29H45N3O6S. The van der Waals surface area contributed by atoms with Crippen LogP contribution >= 0.6 is 11.8 Å². The summed E-state index contributed by atoms with van der Waals surface area (Å²) in [6.07, 6.45) is 6.17. The van der Waals surface area contributed by atoms with Crippen LogP contribution in [-0.2, 0) is 23.9 Å². The molecule has 2 unspecified atom stereocenters. The molecule has 9 nitrogen and oxygen atoms in total. The van der Waals surface area contributed by atoms with E-state index in [-0.39, 0.29) is 42.2 Å². The maximum atomic E-state index is 14.5. The van der Waals surface area contributed by atoms with Crippen molar-refractivity contribution in [3.05, 3.63) is 25.3 Å². The summed E-state index contributed by atoms with van der Waals surface area (Å²) in [4.78, 5) is 47.9. The van der Waals surface area contributed by atoms with Crippen LogP contribution in [0.15, 0.2) is 25.3 Å². The first-order valence-corrected chi connectivity index (χ1v) is 15.3. The van der Waals surface area contributed by atoms with E-state index < -0.39 is 28.7 Å². The predicted molar refractivity (Wildman–Crippen MR) is 151 cm³/mol. The fourth-order valence-corrected chi connectivity index (χ4v) is 9.04. The van der Waals surface area contributed by atoms with Gasteiger partial charge in [-0.2, -0.15) is 0 Å². The second kappa shape index (κ2) is 13.2. The van der Waals surface area contributed by atoms with Crippen LogP contribution in [0.1, 0.15) is 39.5 Å². The van der Waals surface area contributed by atoms with E-state index in [1.807, 2.05) is 13.8 Å². The van der Waals surface area contributed by atoms with Crippen LogP contribution in [0.3, 0.4) is 0 Å². The Morgan fingerprint density at radius 3 is 2.69 bits per heavy atom. The van der Waals surface area contributed by atoms with Gasteiger partial charge in [-0.3, -0.25) is 19.3 Å². The number of likely N-dealkylation sites (tertiary alicyclic amines) is 1. The lowest BCUT2D eigenvalue weighted by Gasteiger charge is -2.41. The number of rotatable bonds is 14. The first-order valence-electron chi connectivity index (χ1n) is 14.4. The van der Waals surface area contributed by atoms with E-state index in [4.69, 9.17) is 9.47 Å². The predicted octanol–water partition coefficient (Wildman–Crippen LogP) is 1.95. The van der Waals surface area contributed by atoms with Gasteiger partial charge >= 0.3 is 5.97 Å². The maximum absolute atomic E-state index is 14.5. The molecule has 0 aromatic heterocycles. The van der Waals surface area contributed by atoms with Crippen LogP contribution in [-0.4, -0.2) is 119 Å². The normalized spacial score (nSPS) is 31.6. The molecule has 39 heavy (non-hydrogen) atoms. The van der Waals surface area contributed by atoms with Crippen LogP contribution < -0.4 is 0 Å². The zero-order chi connectivity index (χ0) is 28.2. The second-order valence-corrected chi connectivity index (χ2v) is 12.8. The van der Waals surface area contributed by atoms with Crippen molar-refractivity contribution in [2.75, 3.05) is 59.2 Å². The minimum atomic E-state index is -0.744. The van der Waals surface area contributed by atoms with Gasteiger partial charge < -0.3 is 24.4 Å². The minimum Gasteiger partial charge on any atom is -0.465 e. The first-order chi connectivity index (χ1) is 18.8. The number of ether oxygens (including phenoxy) is 2. The molecule has 7 atom stereocenters.